The molecule has 84 valence electrons. The molecule has 0 saturated carbocycles. The van der Waals surface area contributed by atoms with E-state index in [0.717, 1.165) is 19.0 Å². The zero-order valence-corrected chi connectivity index (χ0v) is 9.53. The molecule has 4 heteroatoms. The van der Waals surface area contributed by atoms with Crippen molar-refractivity contribution in [3.63, 3.8) is 0 Å². The van der Waals surface area contributed by atoms with Crippen LogP contribution in [0.1, 0.15) is 33.6 Å². The number of likely N-dealkylation sites (N-methyl/N-ethyl adjacent to an activating group) is 1. The van der Waals surface area contributed by atoms with Crippen LogP contribution in [0.2, 0.25) is 0 Å². The number of hydrogen-bond donors (Lipinski definition) is 2. The molecule has 4 nitrogen and oxygen atoms in total. The number of rotatable bonds is 7. The van der Waals surface area contributed by atoms with E-state index < -0.39 is 0 Å². The Balaban J connectivity index is 3.69. The summed E-state index contributed by atoms with van der Waals surface area (Å²) in [5, 5.41) is 11.4. The van der Waals surface area contributed by atoms with Crippen LogP contribution < -0.4 is 5.73 Å². The predicted molar refractivity (Wildman–Crippen MR) is 59.6 cm³/mol. The van der Waals surface area contributed by atoms with Gasteiger partial charge in [-0.3, -0.25) is 4.90 Å². The molecular weight excluding hydrogens is 178 g/mol. The second-order valence-corrected chi connectivity index (χ2v) is 4.00. The van der Waals surface area contributed by atoms with Gasteiger partial charge in [0.2, 0.25) is 0 Å². The topological polar surface area (TPSA) is 61.8 Å². The molecule has 0 rings (SSSR count). The van der Waals surface area contributed by atoms with E-state index in [4.69, 9.17) is 10.9 Å². The average Bonchev–Trinajstić information content (AvgIpc) is 2.15. The highest BCUT2D eigenvalue weighted by Crippen LogP contribution is 2.04. The second kappa shape index (κ2) is 7.62. The quantitative estimate of drug-likeness (QED) is 0.284. The lowest BCUT2D eigenvalue weighted by atomic mass is 10.1. The minimum Gasteiger partial charge on any atom is -0.409 e. The number of oxime groups is 1. The Kier molecular flexibility index (Phi) is 7.20. The van der Waals surface area contributed by atoms with Crippen molar-refractivity contribution in [3.8, 4) is 0 Å². The predicted octanol–water partition coefficient (Wildman–Crippen LogP) is 1.49. The lowest BCUT2D eigenvalue weighted by molar-refractivity contribution is 0.292. The SMILES string of the molecule is CCN(CCCC(C)C)CC(N)=NO. The van der Waals surface area contributed by atoms with E-state index in [-0.39, 0.29) is 5.84 Å². The van der Waals surface area contributed by atoms with E-state index in [9.17, 15) is 0 Å². The Morgan fingerprint density at radius 1 is 1.50 bits per heavy atom. The van der Waals surface area contributed by atoms with Gasteiger partial charge in [0.05, 0.1) is 6.54 Å². The monoisotopic (exact) mass is 201 g/mol. The molecule has 0 saturated heterocycles. The van der Waals surface area contributed by atoms with Gasteiger partial charge in [-0.1, -0.05) is 25.9 Å². The van der Waals surface area contributed by atoms with E-state index in [1.165, 1.54) is 12.8 Å². The summed E-state index contributed by atoms with van der Waals surface area (Å²) < 4.78 is 0. The van der Waals surface area contributed by atoms with Crippen LogP contribution in [0.5, 0.6) is 0 Å². The summed E-state index contributed by atoms with van der Waals surface area (Å²) in [7, 11) is 0. The maximum atomic E-state index is 8.43. The third-order valence-electron chi connectivity index (χ3n) is 2.22. The van der Waals surface area contributed by atoms with Gasteiger partial charge in [0, 0.05) is 0 Å². The molecule has 3 N–H and O–H groups in total. The normalized spacial score (nSPS) is 12.8. The smallest absolute Gasteiger partial charge is 0.153 e. The van der Waals surface area contributed by atoms with Gasteiger partial charge in [-0.05, 0) is 31.8 Å². The molecule has 0 aromatic heterocycles. The minimum atomic E-state index is 0.288. The maximum absolute atomic E-state index is 8.43. The van der Waals surface area contributed by atoms with Gasteiger partial charge in [0.15, 0.2) is 5.84 Å². The van der Waals surface area contributed by atoms with E-state index in [1.807, 2.05) is 0 Å². The van der Waals surface area contributed by atoms with Crippen molar-refractivity contribution >= 4 is 5.84 Å². The van der Waals surface area contributed by atoms with Crippen molar-refractivity contribution in [1.29, 1.82) is 0 Å². The average molecular weight is 201 g/mol. The molecular formula is C10H23N3O. The molecule has 0 spiro atoms. The molecule has 0 aliphatic rings. The van der Waals surface area contributed by atoms with E-state index in [0.29, 0.717) is 6.54 Å². The van der Waals surface area contributed by atoms with Gasteiger partial charge in [-0.25, -0.2) is 0 Å². The van der Waals surface area contributed by atoms with Crippen LogP contribution in [-0.4, -0.2) is 35.6 Å². The highest BCUT2D eigenvalue weighted by molar-refractivity contribution is 5.81. The largest absolute Gasteiger partial charge is 0.409 e. The first kappa shape index (κ1) is 13.2. The molecule has 0 unspecified atom stereocenters. The molecule has 0 amide bonds. The van der Waals surface area contributed by atoms with Crippen molar-refractivity contribution in [3.05, 3.63) is 0 Å². The summed E-state index contributed by atoms with van der Waals surface area (Å²) >= 11 is 0. The van der Waals surface area contributed by atoms with Crippen LogP contribution in [-0.2, 0) is 0 Å². The number of nitrogens with two attached hydrogens (primary N) is 1. The zero-order chi connectivity index (χ0) is 11.0. The van der Waals surface area contributed by atoms with Gasteiger partial charge >= 0.3 is 0 Å². The Labute approximate surface area is 86.8 Å². The molecule has 0 fully saturated rings. The van der Waals surface area contributed by atoms with Crippen LogP contribution in [0.25, 0.3) is 0 Å². The van der Waals surface area contributed by atoms with Crippen LogP contribution in [0.3, 0.4) is 0 Å². The standard InChI is InChI=1S/C10H23N3O/c1-4-13(8-10(11)12-14)7-5-6-9(2)3/h9,14H,4-8H2,1-3H3,(H2,11,12). The van der Waals surface area contributed by atoms with Gasteiger partial charge in [0.25, 0.3) is 0 Å². The Bertz CT molecular complexity index is 169. The van der Waals surface area contributed by atoms with Crippen molar-refractivity contribution < 1.29 is 5.21 Å². The molecule has 0 aliphatic carbocycles. The minimum absolute atomic E-state index is 0.288. The summed E-state index contributed by atoms with van der Waals surface area (Å²) in [6, 6.07) is 0. The van der Waals surface area contributed by atoms with E-state index in [2.05, 4.69) is 30.8 Å². The summed E-state index contributed by atoms with van der Waals surface area (Å²) in [5.74, 6) is 1.04. The van der Waals surface area contributed by atoms with Crippen LogP contribution in [0, 0.1) is 5.92 Å². The van der Waals surface area contributed by atoms with Crippen LogP contribution in [0.15, 0.2) is 5.16 Å². The molecule has 0 bridgehead atoms. The first-order chi connectivity index (χ1) is 6.60. The summed E-state index contributed by atoms with van der Waals surface area (Å²) in [4.78, 5) is 2.18. The summed E-state index contributed by atoms with van der Waals surface area (Å²) in [5.41, 5.74) is 5.44. The van der Waals surface area contributed by atoms with Gasteiger partial charge in [-0.15, -0.1) is 0 Å². The molecule has 0 atom stereocenters. The lowest BCUT2D eigenvalue weighted by Gasteiger charge is -2.19. The highest BCUT2D eigenvalue weighted by Gasteiger charge is 2.05. The van der Waals surface area contributed by atoms with Crippen LogP contribution >= 0.6 is 0 Å². The van der Waals surface area contributed by atoms with Crippen LogP contribution in [0.4, 0.5) is 0 Å². The van der Waals surface area contributed by atoms with Gasteiger partial charge < -0.3 is 10.9 Å². The van der Waals surface area contributed by atoms with Crippen molar-refractivity contribution in [2.24, 2.45) is 16.8 Å². The Morgan fingerprint density at radius 3 is 2.57 bits per heavy atom. The molecule has 14 heavy (non-hydrogen) atoms. The number of hydrogen-bond acceptors (Lipinski definition) is 3. The van der Waals surface area contributed by atoms with E-state index >= 15 is 0 Å². The van der Waals surface area contributed by atoms with Crippen molar-refractivity contribution in [1.82, 2.24) is 4.90 Å². The molecule has 0 aromatic carbocycles. The third-order valence-corrected chi connectivity index (χ3v) is 2.22. The fourth-order valence-corrected chi connectivity index (χ4v) is 1.33. The number of amidine groups is 1. The third kappa shape index (κ3) is 6.71. The number of nitrogens with zero attached hydrogens (tertiary/aromatic N) is 2. The maximum Gasteiger partial charge on any atom is 0.153 e. The Hall–Kier alpha value is -0.770. The molecule has 0 aromatic rings. The first-order valence-corrected chi connectivity index (χ1v) is 5.28. The Morgan fingerprint density at radius 2 is 2.14 bits per heavy atom. The summed E-state index contributed by atoms with van der Waals surface area (Å²) in [6.07, 6.45) is 2.40. The highest BCUT2D eigenvalue weighted by atomic mass is 16.4. The first-order valence-electron chi connectivity index (χ1n) is 5.28. The molecule has 0 radical (unpaired) electrons. The lowest BCUT2D eigenvalue weighted by Crippen LogP contribution is -2.34. The second-order valence-electron chi connectivity index (χ2n) is 4.00. The van der Waals surface area contributed by atoms with Crippen molar-refractivity contribution in [2.75, 3.05) is 19.6 Å². The molecule has 0 heterocycles. The van der Waals surface area contributed by atoms with Gasteiger partial charge in [-0.2, -0.15) is 0 Å². The molecule has 0 aliphatic heterocycles. The van der Waals surface area contributed by atoms with E-state index in [1.54, 1.807) is 0 Å². The zero-order valence-electron chi connectivity index (χ0n) is 9.53. The van der Waals surface area contributed by atoms with Gasteiger partial charge in [0.1, 0.15) is 0 Å². The fraction of sp³-hybridized carbons (Fsp3) is 0.900. The van der Waals surface area contributed by atoms with Crippen molar-refractivity contribution in [2.45, 2.75) is 33.6 Å². The fourth-order valence-electron chi connectivity index (χ4n) is 1.33. The summed E-state index contributed by atoms with van der Waals surface area (Å²) in [6.45, 7) is 9.05.